The summed E-state index contributed by atoms with van der Waals surface area (Å²) in [5.74, 6) is -4.21. The molecule has 0 aromatic heterocycles. The van der Waals surface area contributed by atoms with E-state index in [0.717, 1.165) is 0 Å². The molecule has 14 heteroatoms. The normalized spacial score (nSPS) is 15.0. The van der Waals surface area contributed by atoms with Gasteiger partial charge in [0.05, 0.1) is 6.04 Å². The first-order chi connectivity index (χ1) is 17.2. The fourth-order valence-corrected chi connectivity index (χ4v) is 3.34. The molecule has 0 saturated heterocycles. The Balaban J connectivity index is 5.66. The topological polar surface area (TPSA) is 258 Å². The lowest BCUT2D eigenvalue weighted by atomic mass is 9.98. The first kappa shape index (κ1) is 33.6. The van der Waals surface area contributed by atoms with E-state index in [2.05, 4.69) is 20.9 Å². The summed E-state index contributed by atoms with van der Waals surface area (Å²) in [4.78, 5) is 65.3. The lowest BCUT2D eigenvalue weighted by molar-refractivity contribution is -0.142. The van der Waals surface area contributed by atoms with Crippen LogP contribution in [0.2, 0.25) is 0 Å². The Bertz CT molecular complexity index is 815. The van der Waals surface area contributed by atoms with Crippen LogP contribution in [0, 0.1) is 11.8 Å². The number of nitrogens with zero attached hydrogens (tertiary/aromatic N) is 1. The summed E-state index contributed by atoms with van der Waals surface area (Å²) in [7, 11) is 0. The largest absolute Gasteiger partial charge is 0.480 e. The third-order valence-electron chi connectivity index (χ3n) is 5.77. The van der Waals surface area contributed by atoms with Gasteiger partial charge in [0.2, 0.25) is 23.6 Å². The van der Waals surface area contributed by atoms with E-state index >= 15 is 0 Å². The third-order valence-corrected chi connectivity index (χ3v) is 5.77. The van der Waals surface area contributed by atoms with Crippen molar-refractivity contribution in [1.82, 2.24) is 16.0 Å². The highest BCUT2D eigenvalue weighted by Gasteiger charge is 2.31. The molecule has 5 atom stereocenters. The molecule has 0 spiro atoms. The molecule has 14 nitrogen and oxygen atoms in total. The summed E-state index contributed by atoms with van der Waals surface area (Å²) >= 11 is 0. The number of aliphatic imine (C=N–C) groups is 1. The van der Waals surface area contributed by atoms with Crippen LogP contribution in [-0.4, -0.2) is 71.4 Å². The molecule has 4 amide bonds. The standard InChI is InChI=1S/C23H44N8O6/c1-5-13(4)18(25)21(35)29-14(7-6-10-28-23(26)27)19(33)31-16(11-12(2)3)20(34)30-15(22(36)37)8-9-17(24)32/h12-16,18H,5-11,25H2,1-4H3,(H2,24,32)(H,29,35)(H,30,34)(H,31,33)(H,36,37)(H4,26,27,28). The molecule has 0 aliphatic carbocycles. The van der Waals surface area contributed by atoms with Gasteiger partial charge in [-0.25, -0.2) is 4.79 Å². The first-order valence-electron chi connectivity index (χ1n) is 12.4. The van der Waals surface area contributed by atoms with Crippen molar-refractivity contribution in [3.05, 3.63) is 0 Å². The zero-order chi connectivity index (χ0) is 28.7. The zero-order valence-electron chi connectivity index (χ0n) is 22.2. The highest BCUT2D eigenvalue weighted by molar-refractivity contribution is 5.94. The molecule has 0 aliphatic rings. The summed E-state index contributed by atoms with van der Waals surface area (Å²) in [6.07, 6.45) is 0.931. The Morgan fingerprint density at radius 3 is 1.86 bits per heavy atom. The summed E-state index contributed by atoms with van der Waals surface area (Å²) < 4.78 is 0. The number of rotatable bonds is 18. The quantitative estimate of drug-likeness (QED) is 0.0569. The van der Waals surface area contributed by atoms with E-state index in [1.807, 2.05) is 27.7 Å². The number of carbonyl (C=O) groups excluding carboxylic acids is 4. The lowest BCUT2D eigenvalue weighted by Gasteiger charge is -2.26. The number of nitrogens with two attached hydrogens (primary N) is 4. The van der Waals surface area contributed by atoms with Gasteiger partial charge >= 0.3 is 5.97 Å². The molecule has 0 bridgehead atoms. The van der Waals surface area contributed by atoms with E-state index in [9.17, 15) is 29.1 Å². The predicted molar refractivity (Wildman–Crippen MR) is 139 cm³/mol. The number of guanidine groups is 1. The number of amides is 4. The highest BCUT2D eigenvalue weighted by Crippen LogP contribution is 2.10. The molecular weight excluding hydrogens is 484 g/mol. The van der Waals surface area contributed by atoms with Gasteiger partial charge in [-0.2, -0.15) is 0 Å². The van der Waals surface area contributed by atoms with Crippen LogP contribution in [0.4, 0.5) is 0 Å². The molecule has 0 saturated carbocycles. The fraction of sp³-hybridized carbons (Fsp3) is 0.739. The average Bonchev–Trinajstić information content (AvgIpc) is 2.80. The van der Waals surface area contributed by atoms with Crippen molar-refractivity contribution in [3.8, 4) is 0 Å². The van der Waals surface area contributed by atoms with Gasteiger partial charge in [0, 0.05) is 13.0 Å². The molecule has 0 radical (unpaired) electrons. The number of carbonyl (C=O) groups is 5. The van der Waals surface area contributed by atoms with E-state index in [1.165, 1.54) is 0 Å². The fourth-order valence-electron chi connectivity index (χ4n) is 3.34. The predicted octanol–water partition coefficient (Wildman–Crippen LogP) is -1.74. The Labute approximate surface area is 217 Å². The van der Waals surface area contributed by atoms with E-state index in [-0.39, 0.29) is 50.0 Å². The molecule has 0 aromatic carbocycles. The van der Waals surface area contributed by atoms with Gasteiger partial charge in [-0.3, -0.25) is 24.2 Å². The molecule has 0 aromatic rings. The number of nitrogens with one attached hydrogen (secondary N) is 3. The Kier molecular flexibility index (Phi) is 15.5. The van der Waals surface area contributed by atoms with Crippen LogP contribution in [0.3, 0.4) is 0 Å². The summed E-state index contributed by atoms with van der Waals surface area (Å²) in [6.45, 7) is 7.58. The maximum absolute atomic E-state index is 13.2. The van der Waals surface area contributed by atoms with Gasteiger partial charge in [-0.15, -0.1) is 0 Å². The molecule has 37 heavy (non-hydrogen) atoms. The van der Waals surface area contributed by atoms with Crippen LogP contribution in [0.25, 0.3) is 0 Å². The number of hydrogen-bond acceptors (Lipinski definition) is 7. The van der Waals surface area contributed by atoms with Crippen molar-refractivity contribution < 1.29 is 29.1 Å². The molecular formula is C23H44N8O6. The number of carboxylic acid groups (broad SMARTS) is 1. The van der Waals surface area contributed by atoms with E-state index in [1.54, 1.807) is 0 Å². The molecule has 0 fully saturated rings. The molecule has 212 valence electrons. The van der Waals surface area contributed by atoms with Gasteiger partial charge in [0.25, 0.3) is 0 Å². The average molecular weight is 529 g/mol. The van der Waals surface area contributed by atoms with Gasteiger partial charge < -0.3 is 44.0 Å². The van der Waals surface area contributed by atoms with Crippen molar-refractivity contribution in [2.75, 3.05) is 6.54 Å². The highest BCUT2D eigenvalue weighted by atomic mass is 16.4. The second-order valence-corrected chi connectivity index (χ2v) is 9.52. The number of aliphatic carboxylic acids is 1. The number of hydrogen-bond donors (Lipinski definition) is 8. The van der Waals surface area contributed by atoms with Crippen LogP contribution >= 0.6 is 0 Å². The Morgan fingerprint density at radius 1 is 0.838 bits per heavy atom. The van der Waals surface area contributed by atoms with Crippen LogP contribution in [-0.2, 0) is 24.0 Å². The van der Waals surface area contributed by atoms with Crippen molar-refractivity contribution >= 4 is 35.6 Å². The van der Waals surface area contributed by atoms with Crippen molar-refractivity contribution in [2.45, 2.75) is 90.4 Å². The third kappa shape index (κ3) is 14.0. The molecule has 0 aliphatic heterocycles. The minimum Gasteiger partial charge on any atom is -0.480 e. The summed E-state index contributed by atoms with van der Waals surface area (Å²) in [5.41, 5.74) is 21.8. The van der Waals surface area contributed by atoms with Gasteiger partial charge in [-0.05, 0) is 37.5 Å². The van der Waals surface area contributed by atoms with Crippen LogP contribution in [0.15, 0.2) is 4.99 Å². The lowest BCUT2D eigenvalue weighted by Crippen LogP contribution is -2.57. The maximum Gasteiger partial charge on any atom is 0.326 e. The smallest absolute Gasteiger partial charge is 0.326 e. The van der Waals surface area contributed by atoms with Crippen LogP contribution in [0.5, 0.6) is 0 Å². The second kappa shape index (κ2) is 17.1. The summed E-state index contributed by atoms with van der Waals surface area (Å²) in [5, 5.41) is 17.0. The first-order valence-corrected chi connectivity index (χ1v) is 12.4. The minimum absolute atomic E-state index is 0.0429. The van der Waals surface area contributed by atoms with Gasteiger partial charge in [0.15, 0.2) is 5.96 Å². The van der Waals surface area contributed by atoms with Gasteiger partial charge in [0.1, 0.15) is 18.1 Å². The van der Waals surface area contributed by atoms with Gasteiger partial charge in [-0.1, -0.05) is 34.1 Å². The van der Waals surface area contributed by atoms with E-state index in [0.29, 0.717) is 12.8 Å². The molecule has 0 heterocycles. The Morgan fingerprint density at radius 2 is 1.38 bits per heavy atom. The number of carboxylic acids is 1. The zero-order valence-corrected chi connectivity index (χ0v) is 22.2. The minimum atomic E-state index is -1.37. The van der Waals surface area contributed by atoms with Crippen molar-refractivity contribution in [2.24, 2.45) is 39.8 Å². The van der Waals surface area contributed by atoms with Crippen molar-refractivity contribution in [3.63, 3.8) is 0 Å². The Hall–Kier alpha value is -3.42. The molecule has 12 N–H and O–H groups in total. The monoisotopic (exact) mass is 528 g/mol. The number of primary amides is 1. The van der Waals surface area contributed by atoms with Crippen LogP contribution < -0.4 is 38.9 Å². The van der Waals surface area contributed by atoms with E-state index < -0.39 is 53.8 Å². The SMILES string of the molecule is CCC(C)C(N)C(=O)NC(CCCN=C(N)N)C(=O)NC(CC(C)C)C(=O)NC(CCC(N)=O)C(=O)O. The van der Waals surface area contributed by atoms with Crippen molar-refractivity contribution in [1.29, 1.82) is 0 Å². The van der Waals surface area contributed by atoms with Crippen LogP contribution in [0.1, 0.15) is 66.2 Å². The molecule has 5 unspecified atom stereocenters. The summed E-state index contributed by atoms with van der Waals surface area (Å²) in [6, 6.07) is -4.34. The maximum atomic E-state index is 13.2. The second-order valence-electron chi connectivity index (χ2n) is 9.52. The van der Waals surface area contributed by atoms with E-state index in [4.69, 9.17) is 22.9 Å². The molecule has 0 rings (SSSR count).